The Morgan fingerprint density at radius 3 is 2.63 bits per heavy atom. The minimum atomic E-state index is -0.222. The van der Waals surface area contributed by atoms with Crippen LogP contribution < -0.4 is 15.6 Å². The third-order valence-corrected chi connectivity index (χ3v) is 5.51. The number of H-pyrrole nitrogens is 1. The molecule has 5 nitrogen and oxygen atoms in total. The van der Waals surface area contributed by atoms with E-state index in [-0.39, 0.29) is 18.0 Å². The molecule has 142 valence electrons. The molecule has 1 aromatic heterocycles. The molecule has 0 atom stereocenters. The summed E-state index contributed by atoms with van der Waals surface area (Å²) in [6.45, 7) is 8.59. The predicted molar refractivity (Wildman–Crippen MR) is 109 cm³/mol. The van der Waals surface area contributed by atoms with Crippen molar-refractivity contribution in [1.29, 1.82) is 0 Å². The van der Waals surface area contributed by atoms with E-state index in [0.29, 0.717) is 17.7 Å². The Balaban J connectivity index is 1.83. The molecule has 1 amide bonds. The van der Waals surface area contributed by atoms with Crippen molar-refractivity contribution in [2.75, 3.05) is 6.61 Å². The van der Waals surface area contributed by atoms with Gasteiger partial charge < -0.3 is 15.0 Å². The van der Waals surface area contributed by atoms with Crippen molar-refractivity contribution in [1.82, 2.24) is 10.3 Å². The molecule has 0 saturated heterocycles. The highest BCUT2D eigenvalue weighted by Gasteiger charge is 2.19. The molecule has 0 fully saturated rings. The summed E-state index contributed by atoms with van der Waals surface area (Å²) in [5, 5.41) is 2.85. The molecule has 27 heavy (non-hydrogen) atoms. The zero-order chi connectivity index (χ0) is 19.7. The summed E-state index contributed by atoms with van der Waals surface area (Å²) in [6.07, 6.45) is 0.748. The van der Waals surface area contributed by atoms with Gasteiger partial charge in [-0.15, -0.1) is 0 Å². The van der Waals surface area contributed by atoms with Crippen LogP contribution in [0.3, 0.4) is 0 Å². The molecule has 0 spiro atoms. The number of aromatic nitrogens is 1. The van der Waals surface area contributed by atoms with Crippen LogP contribution in [0.2, 0.25) is 0 Å². The lowest BCUT2D eigenvalue weighted by Crippen LogP contribution is -2.28. The number of aryl methyl sites for hydroxylation is 2. The molecule has 1 aliphatic rings. The number of benzene rings is 1. The van der Waals surface area contributed by atoms with Crippen molar-refractivity contribution < 1.29 is 9.53 Å². The lowest BCUT2D eigenvalue weighted by Gasteiger charge is -2.13. The zero-order valence-corrected chi connectivity index (χ0v) is 17.5. The quantitative estimate of drug-likeness (QED) is 0.723. The van der Waals surface area contributed by atoms with Crippen LogP contribution in [-0.2, 0) is 13.0 Å². The molecule has 6 heteroatoms. The summed E-state index contributed by atoms with van der Waals surface area (Å²) >= 11 is 3.52. The molecule has 0 radical (unpaired) electrons. The predicted octanol–water partition coefficient (Wildman–Crippen LogP) is 3.96. The van der Waals surface area contributed by atoms with Gasteiger partial charge in [-0.1, -0.05) is 5.57 Å². The maximum absolute atomic E-state index is 12.7. The van der Waals surface area contributed by atoms with Gasteiger partial charge in [-0.2, -0.15) is 0 Å². The van der Waals surface area contributed by atoms with E-state index in [4.69, 9.17) is 4.74 Å². The molecule has 2 N–H and O–H groups in total. The first kappa shape index (κ1) is 19.4. The number of fused-ring (bicyclic) bond motifs is 1. The first-order valence-electron chi connectivity index (χ1n) is 8.84. The van der Waals surface area contributed by atoms with Crippen LogP contribution in [0.4, 0.5) is 0 Å². The van der Waals surface area contributed by atoms with Crippen LogP contribution in [0.1, 0.15) is 46.6 Å². The summed E-state index contributed by atoms with van der Waals surface area (Å²) in [6, 6.07) is 5.52. The SMILES string of the molecule is CC1=C(C)Cc2cc(C(=O)NCc3c(C)cc(C)[nH]c3=O)cc(Br)c2OC1. The Morgan fingerprint density at radius 2 is 1.93 bits per heavy atom. The van der Waals surface area contributed by atoms with E-state index >= 15 is 0 Å². The Morgan fingerprint density at radius 1 is 1.19 bits per heavy atom. The van der Waals surface area contributed by atoms with E-state index in [9.17, 15) is 9.59 Å². The standard InChI is InChI=1S/C21H23BrN2O3/c1-11-6-15-7-16(8-18(22)19(15)27-10-13(11)3)20(25)23-9-17-12(2)5-14(4)24-21(17)26/h5,7-8H,6,9-10H2,1-4H3,(H,23,25)(H,24,26). The number of halogens is 1. The van der Waals surface area contributed by atoms with Gasteiger partial charge in [0.15, 0.2) is 0 Å². The molecular weight excluding hydrogens is 408 g/mol. The van der Waals surface area contributed by atoms with Crippen molar-refractivity contribution in [2.45, 2.75) is 40.7 Å². The Kier molecular flexibility index (Phi) is 5.56. The van der Waals surface area contributed by atoms with E-state index in [1.165, 1.54) is 11.1 Å². The van der Waals surface area contributed by atoms with E-state index in [0.717, 1.165) is 33.5 Å². The second-order valence-electron chi connectivity index (χ2n) is 7.10. The summed E-state index contributed by atoms with van der Waals surface area (Å²) in [4.78, 5) is 27.6. The first-order valence-corrected chi connectivity index (χ1v) is 9.63. The number of nitrogens with one attached hydrogen (secondary N) is 2. The average Bonchev–Trinajstić information content (AvgIpc) is 2.72. The third kappa shape index (κ3) is 4.16. The van der Waals surface area contributed by atoms with Gasteiger partial charge in [0.25, 0.3) is 11.5 Å². The number of carbonyl (C=O) groups excluding carboxylic acids is 1. The van der Waals surface area contributed by atoms with Crippen molar-refractivity contribution in [2.24, 2.45) is 0 Å². The lowest BCUT2D eigenvalue weighted by molar-refractivity contribution is 0.0950. The minimum Gasteiger partial charge on any atom is -0.488 e. The monoisotopic (exact) mass is 430 g/mol. The topological polar surface area (TPSA) is 71.2 Å². The second kappa shape index (κ2) is 7.72. The number of hydrogen-bond donors (Lipinski definition) is 2. The smallest absolute Gasteiger partial charge is 0.253 e. The molecule has 2 aromatic rings. The number of pyridine rings is 1. The van der Waals surface area contributed by atoms with Gasteiger partial charge in [0.1, 0.15) is 12.4 Å². The molecule has 0 saturated carbocycles. The second-order valence-corrected chi connectivity index (χ2v) is 7.95. The van der Waals surface area contributed by atoms with E-state index in [1.54, 1.807) is 6.07 Å². The number of ether oxygens (including phenoxy) is 1. The molecule has 3 rings (SSSR count). The van der Waals surface area contributed by atoms with Crippen LogP contribution in [0.15, 0.2) is 38.6 Å². The highest BCUT2D eigenvalue weighted by molar-refractivity contribution is 9.10. The largest absolute Gasteiger partial charge is 0.488 e. The summed E-state index contributed by atoms with van der Waals surface area (Å²) in [7, 11) is 0. The van der Waals surface area contributed by atoms with Crippen LogP contribution >= 0.6 is 15.9 Å². The zero-order valence-electron chi connectivity index (χ0n) is 16.0. The number of carbonyl (C=O) groups is 1. The van der Waals surface area contributed by atoms with Gasteiger partial charge in [-0.3, -0.25) is 9.59 Å². The Labute approximate surface area is 167 Å². The number of rotatable bonds is 3. The molecule has 1 aromatic carbocycles. The molecule has 0 unspecified atom stereocenters. The normalized spacial score (nSPS) is 13.7. The van der Waals surface area contributed by atoms with Gasteiger partial charge in [-0.25, -0.2) is 0 Å². The fourth-order valence-corrected chi connectivity index (χ4v) is 3.80. The van der Waals surface area contributed by atoms with Crippen LogP contribution in [0.25, 0.3) is 0 Å². The minimum absolute atomic E-state index is 0.166. The highest BCUT2D eigenvalue weighted by Crippen LogP contribution is 2.35. The van der Waals surface area contributed by atoms with Crippen LogP contribution in [0, 0.1) is 13.8 Å². The Hall–Kier alpha value is -2.34. The fourth-order valence-electron chi connectivity index (χ4n) is 3.19. The maximum atomic E-state index is 12.7. The van der Waals surface area contributed by atoms with Gasteiger partial charge in [0, 0.05) is 28.9 Å². The van der Waals surface area contributed by atoms with E-state index in [1.807, 2.05) is 26.0 Å². The van der Waals surface area contributed by atoms with E-state index in [2.05, 4.69) is 40.1 Å². The van der Waals surface area contributed by atoms with Crippen LogP contribution in [-0.4, -0.2) is 17.5 Å². The summed E-state index contributed by atoms with van der Waals surface area (Å²) in [5.74, 6) is 0.564. The van der Waals surface area contributed by atoms with Crippen LogP contribution in [0.5, 0.6) is 5.75 Å². The molecular formula is C21H23BrN2O3. The highest BCUT2D eigenvalue weighted by atomic mass is 79.9. The third-order valence-electron chi connectivity index (χ3n) is 4.92. The fraction of sp³-hybridized carbons (Fsp3) is 0.333. The number of aromatic amines is 1. The summed E-state index contributed by atoms with van der Waals surface area (Å²) in [5.41, 5.74) is 6.05. The van der Waals surface area contributed by atoms with Crippen molar-refractivity contribution >= 4 is 21.8 Å². The van der Waals surface area contributed by atoms with Gasteiger partial charge in [0.2, 0.25) is 0 Å². The van der Waals surface area contributed by atoms with Crippen molar-refractivity contribution in [3.63, 3.8) is 0 Å². The summed E-state index contributed by atoms with van der Waals surface area (Å²) < 4.78 is 6.65. The van der Waals surface area contributed by atoms with Gasteiger partial charge >= 0.3 is 0 Å². The first-order chi connectivity index (χ1) is 12.8. The average molecular weight is 431 g/mol. The number of hydrogen-bond acceptors (Lipinski definition) is 3. The van der Waals surface area contributed by atoms with Gasteiger partial charge in [0.05, 0.1) is 4.47 Å². The van der Waals surface area contributed by atoms with Crippen molar-refractivity contribution in [3.8, 4) is 5.75 Å². The molecule has 0 aliphatic carbocycles. The van der Waals surface area contributed by atoms with Gasteiger partial charge in [-0.05, 0) is 79.4 Å². The maximum Gasteiger partial charge on any atom is 0.253 e. The Bertz CT molecular complexity index is 1010. The number of allylic oxidation sites excluding steroid dienone is 1. The van der Waals surface area contributed by atoms with Crippen molar-refractivity contribution in [3.05, 3.63) is 72.1 Å². The molecule has 1 aliphatic heterocycles. The lowest BCUT2D eigenvalue weighted by atomic mass is 10.0. The van der Waals surface area contributed by atoms with E-state index < -0.39 is 0 Å². The number of amides is 1. The molecule has 2 heterocycles. The molecule has 0 bridgehead atoms.